The van der Waals surface area contributed by atoms with Crippen LogP contribution in [0.25, 0.3) is 0 Å². The fraction of sp³-hybridized carbons (Fsp3) is 0.429. The van der Waals surface area contributed by atoms with Gasteiger partial charge in [-0.15, -0.1) is 0 Å². The van der Waals surface area contributed by atoms with E-state index in [1.165, 1.54) is 0 Å². The molecular formula is C14H15NO4. The van der Waals surface area contributed by atoms with Gasteiger partial charge in [0.2, 0.25) is 12.7 Å². The number of rotatable bonds is 2. The minimum Gasteiger partial charge on any atom is -0.454 e. The number of nitrogens with zero attached hydrogens (tertiary/aromatic N) is 1. The number of ether oxygens (including phenoxy) is 2. The van der Waals surface area contributed by atoms with E-state index in [4.69, 9.17) is 9.47 Å². The zero-order chi connectivity index (χ0) is 13.2. The maximum absolute atomic E-state index is 11.9. The fourth-order valence-electron chi connectivity index (χ4n) is 2.34. The average molecular weight is 261 g/mol. The van der Waals surface area contributed by atoms with Crippen LogP contribution < -0.4 is 9.47 Å². The second kappa shape index (κ2) is 4.91. The van der Waals surface area contributed by atoms with Crippen LogP contribution in [0.2, 0.25) is 0 Å². The van der Waals surface area contributed by atoms with Gasteiger partial charge in [0.25, 0.3) is 0 Å². The Labute approximate surface area is 111 Å². The number of carbonyl (C=O) groups excluding carboxylic acids is 2. The van der Waals surface area contributed by atoms with Gasteiger partial charge in [0.15, 0.2) is 11.5 Å². The molecule has 1 aromatic rings. The summed E-state index contributed by atoms with van der Waals surface area (Å²) < 4.78 is 10.6. The van der Waals surface area contributed by atoms with Gasteiger partial charge in [-0.25, -0.2) is 0 Å². The molecule has 0 radical (unpaired) electrons. The van der Waals surface area contributed by atoms with Gasteiger partial charge < -0.3 is 14.4 Å². The summed E-state index contributed by atoms with van der Waals surface area (Å²) in [6, 6.07) is 5.67. The Morgan fingerprint density at radius 2 is 1.89 bits per heavy atom. The van der Waals surface area contributed by atoms with Gasteiger partial charge >= 0.3 is 0 Å². The Hall–Kier alpha value is -2.04. The molecule has 2 heterocycles. The van der Waals surface area contributed by atoms with Crippen molar-refractivity contribution in [3.05, 3.63) is 23.8 Å². The minimum absolute atomic E-state index is 0.0449. The molecule has 0 bridgehead atoms. The Morgan fingerprint density at radius 1 is 1.05 bits per heavy atom. The summed E-state index contributed by atoms with van der Waals surface area (Å²) in [4.78, 5) is 25.0. The molecule has 100 valence electrons. The summed E-state index contributed by atoms with van der Waals surface area (Å²) in [7, 11) is 0. The van der Waals surface area contributed by atoms with Crippen LogP contribution in [0.5, 0.6) is 11.5 Å². The van der Waals surface area contributed by atoms with E-state index in [1.54, 1.807) is 4.90 Å². The third-order valence-electron chi connectivity index (χ3n) is 3.44. The van der Waals surface area contributed by atoms with Crippen LogP contribution in [0.1, 0.15) is 24.8 Å². The van der Waals surface area contributed by atoms with Gasteiger partial charge in [0, 0.05) is 32.4 Å². The van der Waals surface area contributed by atoms with Gasteiger partial charge in [-0.05, 0) is 17.7 Å². The zero-order valence-electron chi connectivity index (χ0n) is 10.6. The van der Waals surface area contributed by atoms with Gasteiger partial charge in [0.1, 0.15) is 5.78 Å². The molecule has 0 aromatic heterocycles. The van der Waals surface area contributed by atoms with E-state index in [2.05, 4.69) is 0 Å². The number of likely N-dealkylation sites (tertiary alicyclic amines) is 1. The molecule has 3 rings (SSSR count). The lowest BCUT2D eigenvalue weighted by molar-refractivity contribution is -0.131. The van der Waals surface area contributed by atoms with E-state index in [9.17, 15) is 9.59 Å². The molecule has 1 aromatic carbocycles. The first kappa shape index (κ1) is 12.0. The first-order chi connectivity index (χ1) is 9.22. The van der Waals surface area contributed by atoms with Crippen molar-refractivity contribution in [3.8, 4) is 11.5 Å². The highest BCUT2D eigenvalue weighted by Gasteiger charge is 2.21. The SMILES string of the molecule is O=C1CCC(=O)N(Cc2ccc3c(c2)OCO3)CC1. The molecule has 0 N–H and O–H groups in total. The predicted octanol–water partition coefficient (Wildman–Crippen LogP) is 1.50. The minimum atomic E-state index is 0.0449. The number of hydrogen-bond donors (Lipinski definition) is 0. The molecule has 2 aliphatic heterocycles. The Morgan fingerprint density at radius 3 is 2.79 bits per heavy atom. The fourth-order valence-corrected chi connectivity index (χ4v) is 2.34. The summed E-state index contributed by atoms with van der Waals surface area (Å²) in [6.45, 7) is 1.27. The highest BCUT2D eigenvalue weighted by molar-refractivity contribution is 5.87. The van der Waals surface area contributed by atoms with Crippen LogP contribution in [0.4, 0.5) is 0 Å². The van der Waals surface area contributed by atoms with E-state index >= 15 is 0 Å². The van der Waals surface area contributed by atoms with Gasteiger partial charge in [-0.2, -0.15) is 0 Å². The summed E-state index contributed by atoms with van der Waals surface area (Å²) in [5.74, 6) is 1.67. The second-order valence-corrected chi connectivity index (χ2v) is 4.79. The normalized spacial score (nSPS) is 18.6. The molecule has 0 atom stereocenters. The maximum atomic E-state index is 11.9. The molecule has 0 unspecified atom stereocenters. The van der Waals surface area contributed by atoms with Crippen molar-refractivity contribution in [2.75, 3.05) is 13.3 Å². The van der Waals surface area contributed by atoms with E-state index in [-0.39, 0.29) is 18.5 Å². The van der Waals surface area contributed by atoms with E-state index in [0.29, 0.717) is 32.4 Å². The van der Waals surface area contributed by atoms with Gasteiger partial charge in [0.05, 0.1) is 0 Å². The Balaban J connectivity index is 1.73. The number of amides is 1. The summed E-state index contributed by atoms with van der Waals surface area (Å²) in [5.41, 5.74) is 0.993. The number of ketones is 1. The molecule has 2 aliphatic rings. The zero-order valence-corrected chi connectivity index (χ0v) is 10.6. The number of fused-ring (bicyclic) bond motifs is 1. The Bertz CT molecular complexity index is 526. The van der Waals surface area contributed by atoms with Crippen LogP contribution in [-0.2, 0) is 16.1 Å². The topological polar surface area (TPSA) is 55.8 Å². The molecular weight excluding hydrogens is 246 g/mol. The molecule has 0 spiro atoms. The smallest absolute Gasteiger partial charge is 0.231 e. The quantitative estimate of drug-likeness (QED) is 0.809. The second-order valence-electron chi connectivity index (χ2n) is 4.79. The van der Waals surface area contributed by atoms with Crippen molar-refractivity contribution in [1.29, 1.82) is 0 Å². The van der Waals surface area contributed by atoms with E-state index < -0.39 is 0 Å². The third kappa shape index (κ3) is 2.54. The van der Waals surface area contributed by atoms with Crippen molar-refractivity contribution in [1.82, 2.24) is 4.90 Å². The summed E-state index contributed by atoms with van der Waals surface area (Å²) >= 11 is 0. The third-order valence-corrected chi connectivity index (χ3v) is 3.44. The van der Waals surface area contributed by atoms with Crippen LogP contribution >= 0.6 is 0 Å². The van der Waals surface area contributed by atoms with Crippen LogP contribution in [0, 0.1) is 0 Å². The lowest BCUT2D eigenvalue weighted by atomic mass is 10.2. The molecule has 0 saturated carbocycles. The van der Waals surface area contributed by atoms with Gasteiger partial charge in [-0.1, -0.05) is 6.07 Å². The maximum Gasteiger partial charge on any atom is 0.231 e. The average Bonchev–Trinajstić information content (AvgIpc) is 2.81. The first-order valence-corrected chi connectivity index (χ1v) is 6.40. The van der Waals surface area contributed by atoms with Crippen LogP contribution in [-0.4, -0.2) is 29.9 Å². The van der Waals surface area contributed by atoms with Crippen molar-refractivity contribution >= 4 is 11.7 Å². The Kier molecular flexibility index (Phi) is 3.11. The molecule has 19 heavy (non-hydrogen) atoms. The van der Waals surface area contributed by atoms with Crippen molar-refractivity contribution in [2.45, 2.75) is 25.8 Å². The van der Waals surface area contributed by atoms with Crippen LogP contribution in [0.3, 0.4) is 0 Å². The molecule has 5 nitrogen and oxygen atoms in total. The van der Waals surface area contributed by atoms with Crippen LogP contribution in [0.15, 0.2) is 18.2 Å². The number of Topliss-reactive ketones (excluding diaryl/α,β-unsaturated/α-hetero) is 1. The van der Waals surface area contributed by atoms with Gasteiger partial charge in [-0.3, -0.25) is 9.59 Å². The highest BCUT2D eigenvalue weighted by Crippen LogP contribution is 2.32. The number of benzene rings is 1. The van der Waals surface area contributed by atoms with E-state index in [1.807, 2.05) is 18.2 Å². The lowest BCUT2D eigenvalue weighted by Gasteiger charge is -2.20. The molecule has 1 fully saturated rings. The van der Waals surface area contributed by atoms with E-state index in [0.717, 1.165) is 17.1 Å². The standard InChI is InChI=1S/C14H15NO4/c16-11-2-4-14(17)15(6-5-11)8-10-1-3-12-13(7-10)19-9-18-12/h1,3,7H,2,4-6,8-9H2. The molecule has 0 aliphatic carbocycles. The molecule has 1 saturated heterocycles. The van der Waals surface area contributed by atoms with Crippen molar-refractivity contribution in [3.63, 3.8) is 0 Å². The summed E-state index contributed by atoms with van der Waals surface area (Å²) in [6.07, 6.45) is 1.15. The highest BCUT2D eigenvalue weighted by atomic mass is 16.7. The van der Waals surface area contributed by atoms with Crippen molar-refractivity contribution in [2.24, 2.45) is 0 Å². The number of carbonyl (C=O) groups is 2. The molecule has 5 heteroatoms. The monoisotopic (exact) mass is 261 g/mol. The predicted molar refractivity (Wildman–Crippen MR) is 66.8 cm³/mol. The lowest BCUT2D eigenvalue weighted by Crippen LogP contribution is -2.29. The molecule has 1 amide bonds. The summed E-state index contributed by atoms with van der Waals surface area (Å²) in [5, 5.41) is 0. The number of hydrogen-bond acceptors (Lipinski definition) is 4. The largest absolute Gasteiger partial charge is 0.454 e. The van der Waals surface area contributed by atoms with Crippen molar-refractivity contribution < 1.29 is 19.1 Å². The first-order valence-electron chi connectivity index (χ1n) is 6.40.